The lowest BCUT2D eigenvalue weighted by atomic mass is 9.95. The first-order chi connectivity index (χ1) is 18.3. The number of hydrogen-bond acceptors (Lipinski definition) is 4. The lowest BCUT2D eigenvalue weighted by Gasteiger charge is -2.29. The van der Waals surface area contributed by atoms with Crippen molar-refractivity contribution in [2.24, 2.45) is 5.41 Å². The third-order valence-corrected chi connectivity index (χ3v) is 6.92. The maximum Gasteiger partial charge on any atom is 0.229 e. The standard InChI is InChI=1S/C30H31N5O2S/c1-30(2,3)28(36)32-22-16-15-21(19-25(22)37-4)35-27(26(33-29(35)38)23-13-8-9-17-31-23)24-14-10-18-34(24)20-11-6-5-7-12-20/h5-19,26-27H,1-4H3,(H,32,36)(H,33,38)/t26-,27-/m1/s1. The third-order valence-electron chi connectivity index (χ3n) is 6.61. The highest BCUT2D eigenvalue weighted by Crippen LogP contribution is 2.44. The van der Waals surface area contributed by atoms with Gasteiger partial charge in [-0.2, -0.15) is 0 Å². The van der Waals surface area contributed by atoms with Crippen LogP contribution < -0.4 is 20.3 Å². The molecule has 2 aromatic carbocycles. The molecule has 0 bridgehead atoms. The SMILES string of the molecule is COc1cc(N2C(=S)N[C@H](c3ccccn3)[C@H]2c2cccn2-c2ccccc2)ccc1NC(=O)C(C)(C)C. The quantitative estimate of drug-likeness (QED) is 0.299. The molecular formula is C30H31N5O2S. The molecule has 0 saturated carbocycles. The molecule has 5 rings (SSSR count). The van der Waals surface area contributed by atoms with Crippen molar-refractivity contribution in [3.8, 4) is 11.4 Å². The van der Waals surface area contributed by atoms with E-state index in [0.717, 1.165) is 22.8 Å². The number of thiocarbonyl (C=S) groups is 1. The van der Waals surface area contributed by atoms with E-state index in [4.69, 9.17) is 17.0 Å². The summed E-state index contributed by atoms with van der Waals surface area (Å²) < 4.78 is 7.88. The van der Waals surface area contributed by atoms with Gasteiger partial charge in [-0.25, -0.2) is 0 Å². The molecule has 2 atom stereocenters. The lowest BCUT2D eigenvalue weighted by Crippen LogP contribution is -2.30. The molecule has 8 heteroatoms. The zero-order valence-corrected chi connectivity index (χ0v) is 22.7. The van der Waals surface area contributed by atoms with Crippen molar-refractivity contribution >= 4 is 34.6 Å². The monoisotopic (exact) mass is 525 g/mol. The molecule has 4 aromatic rings. The van der Waals surface area contributed by atoms with E-state index in [0.29, 0.717) is 16.5 Å². The van der Waals surface area contributed by atoms with Crippen molar-refractivity contribution in [2.45, 2.75) is 32.9 Å². The highest BCUT2D eigenvalue weighted by atomic mass is 32.1. The van der Waals surface area contributed by atoms with Gasteiger partial charge in [0.2, 0.25) is 5.91 Å². The Morgan fingerprint density at radius 3 is 2.45 bits per heavy atom. The molecule has 2 N–H and O–H groups in total. The fraction of sp³-hybridized carbons (Fsp3) is 0.233. The first-order valence-corrected chi connectivity index (χ1v) is 12.9. The van der Waals surface area contributed by atoms with Crippen LogP contribution in [-0.4, -0.2) is 27.7 Å². The van der Waals surface area contributed by atoms with E-state index >= 15 is 0 Å². The zero-order chi connectivity index (χ0) is 26.9. The first-order valence-electron chi connectivity index (χ1n) is 12.5. The van der Waals surface area contributed by atoms with Crippen LogP contribution >= 0.6 is 12.2 Å². The van der Waals surface area contributed by atoms with Gasteiger partial charge in [-0.1, -0.05) is 45.0 Å². The van der Waals surface area contributed by atoms with Gasteiger partial charge in [-0.3, -0.25) is 9.78 Å². The smallest absolute Gasteiger partial charge is 0.229 e. The van der Waals surface area contributed by atoms with Crippen molar-refractivity contribution in [3.05, 3.63) is 103 Å². The number of hydrogen-bond donors (Lipinski definition) is 2. The van der Waals surface area contributed by atoms with E-state index in [1.54, 1.807) is 13.3 Å². The normalized spacial score (nSPS) is 17.3. The molecule has 1 aliphatic heterocycles. The van der Waals surface area contributed by atoms with Crippen LogP contribution in [0, 0.1) is 5.41 Å². The summed E-state index contributed by atoms with van der Waals surface area (Å²) in [4.78, 5) is 19.4. The van der Waals surface area contributed by atoms with Crippen molar-refractivity contribution in [3.63, 3.8) is 0 Å². The van der Waals surface area contributed by atoms with Crippen LogP contribution in [0.2, 0.25) is 0 Å². The summed E-state index contributed by atoms with van der Waals surface area (Å²) in [5.74, 6) is 0.470. The van der Waals surface area contributed by atoms with Gasteiger partial charge in [-0.05, 0) is 60.7 Å². The van der Waals surface area contributed by atoms with E-state index in [2.05, 4.69) is 49.5 Å². The Hall–Kier alpha value is -4.17. The van der Waals surface area contributed by atoms with Crippen LogP contribution in [0.1, 0.15) is 44.2 Å². The number of carbonyl (C=O) groups excluding carboxylic acids is 1. The van der Waals surface area contributed by atoms with Crippen LogP contribution in [0.4, 0.5) is 11.4 Å². The highest BCUT2D eigenvalue weighted by Gasteiger charge is 2.42. The lowest BCUT2D eigenvalue weighted by molar-refractivity contribution is -0.123. The minimum absolute atomic E-state index is 0.0873. The minimum Gasteiger partial charge on any atom is -0.494 e. The molecule has 0 aliphatic carbocycles. The Labute approximate surface area is 228 Å². The van der Waals surface area contributed by atoms with Gasteiger partial charge in [0.25, 0.3) is 0 Å². The first kappa shape index (κ1) is 25.5. The largest absolute Gasteiger partial charge is 0.494 e. The fourth-order valence-corrected chi connectivity index (χ4v) is 4.98. The van der Waals surface area contributed by atoms with Crippen LogP contribution in [0.15, 0.2) is 91.3 Å². The summed E-state index contributed by atoms with van der Waals surface area (Å²) in [5, 5.41) is 7.08. The highest BCUT2D eigenvalue weighted by molar-refractivity contribution is 7.80. The van der Waals surface area contributed by atoms with Gasteiger partial charge in [-0.15, -0.1) is 0 Å². The number of nitrogens with zero attached hydrogens (tertiary/aromatic N) is 3. The van der Waals surface area contributed by atoms with E-state index in [-0.39, 0.29) is 18.0 Å². The number of methoxy groups -OCH3 is 1. The third kappa shape index (κ3) is 4.87. The second kappa shape index (κ2) is 10.3. The molecule has 38 heavy (non-hydrogen) atoms. The molecule has 2 aromatic heterocycles. The van der Waals surface area contributed by atoms with Gasteiger partial charge < -0.3 is 24.8 Å². The fourth-order valence-electron chi connectivity index (χ4n) is 4.64. The molecule has 1 aliphatic rings. The molecular weight excluding hydrogens is 494 g/mol. The van der Waals surface area contributed by atoms with Gasteiger partial charge in [0.15, 0.2) is 5.11 Å². The number of benzene rings is 2. The Kier molecular flexibility index (Phi) is 6.91. The molecule has 0 radical (unpaired) electrons. The maximum atomic E-state index is 12.7. The number of pyridine rings is 1. The van der Waals surface area contributed by atoms with Gasteiger partial charge in [0.05, 0.1) is 24.5 Å². The second-order valence-corrected chi connectivity index (χ2v) is 10.6. The summed E-state index contributed by atoms with van der Waals surface area (Å²) in [5.41, 5.74) is 3.93. The van der Waals surface area contributed by atoms with E-state index in [1.165, 1.54) is 0 Å². The maximum absolute atomic E-state index is 12.7. The molecule has 1 saturated heterocycles. The number of ether oxygens (including phenoxy) is 1. The summed E-state index contributed by atoms with van der Waals surface area (Å²) in [6, 6.07) is 25.6. The van der Waals surface area contributed by atoms with Gasteiger partial charge in [0, 0.05) is 40.9 Å². The molecule has 1 amide bonds. The van der Waals surface area contributed by atoms with Crippen molar-refractivity contribution in [1.29, 1.82) is 0 Å². The van der Waals surface area contributed by atoms with Crippen LogP contribution in [0.25, 0.3) is 5.69 Å². The second-order valence-electron chi connectivity index (χ2n) is 10.2. The van der Waals surface area contributed by atoms with Crippen molar-refractivity contribution in [2.75, 3.05) is 17.3 Å². The van der Waals surface area contributed by atoms with Crippen LogP contribution in [0.3, 0.4) is 0 Å². The van der Waals surface area contributed by atoms with Crippen molar-refractivity contribution in [1.82, 2.24) is 14.9 Å². The number of para-hydroxylation sites is 1. The molecule has 1 fully saturated rings. The molecule has 7 nitrogen and oxygen atoms in total. The molecule has 0 spiro atoms. The Morgan fingerprint density at radius 2 is 1.76 bits per heavy atom. The number of nitrogens with one attached hydrogen (secondary N) is 2. The minimum atomic E-state index is -0.534. The summed E-state index contributed by atoms with van der Waals surface area (Å²) in [6.07, 6.45) is 3.86. The average molecular weight is 526 g/mol. The number of carbonyl (C=O) groups is 1. The van der Waals surface area contributed by atoms with Crippen LogP contribution in [-0.2, 0) is 4.79 Å². The number of anilines is 2. The topological polar surface area (TPSA) is 71.4 Å². The summed E-state index contributed by atoms with van der Waals surface area (Å²) in [7, 11) is 1.60. The average Bonchev–Trinajstić information content (AvgIpc) is 3.53. The Balaban J connectivity index is 1.60. The van der Waals surface area contributed by atoms with E-state index in [9.17, 15) is 4.79 Å². The molecule has 3 heterocycles. The van der Waals surface area contributed by atoms with Crippen LogP contribution in [0.5, 0.6) is 5.75 Å². The zero-order valence-electron chi connectivity index (χ0n) is 21.9. The number of rotatable bonds is 6. The molecule has 194 valence electrons. The number of amides is 1. The predicted molar refractivity (Wildman–Crippen MR) is 155 cm³/mol. The number of aromatic nitrogens is 2. The van der Waals surface area contributed by atoms with E-state index in [1.807, 2.05) is 81.4 Å². The summed E-state index contributed by atoms with van der Waals surface area (Å²) >= 11 is 5.91. The Bertz CT molecular complexity index is 1450. The summed E-state index contributed by atoms with van der Waals surface area (Å²) in [6.45, 7) is 5.63. The molecule has 0 unspecified atom stereocenters. The Morgan fingerprint density at radius 1 is 1.00 bits per heavy atom. The van der Waals surface area contributed by atoms with Gasteiger partial charge >= 0.3 is 0 Å². The van der Waals surface area contributed by atoms with Gasteiger partial charge in [0.1, 0.15) is 11.8 Å². The van der Waals surface area contributed by atoms with Crippen molar-refractivity contribution < 1.29 is 9.53 Å². The predicted octanol–water partition coefficient (Wildman–Crippen LogP) is 6.04. The van der Waals surface area contributed by atoms with E-state index < -0.39 is 5.41 Å².